The van der Waals surface area contributed by atoms with Gasteiger partial charge in [0.05, 0.1) is 22.6 Å². The third-order valence-corrected chi connectivity index (χ3v) is 4.40. The van der Waals surface area contributed by atoms with Gasteiger partial charge in [-0.1, -0.05) is 46.2 Å². The summed E-state index contributed by atoms with van der Waals surface area (Å²) in [5.74, 6) is -1.71. The molecule has 2 aromatic carbocycles. The summed E-state index contributed by atoms with van der Waals surface area (Å²) in [4.78, 5) is 3.29. The van der Waals surface area contributed by atoms with Crippen LogP contribution in [0.4, 0.5) is 26.3 Å². The summed E-state index contributed by atoms with van der Waals surface area (Å²) in [6.07, 6.45) is -9.34. The largest absolute Gasteiger partial charge is 0.471 e. The zero-order valence-electron chi connectivity index (χ0n) is 14.5. The zero-order valence-corrected chi connectivity index (χ0v) is 15.2. The predicted octanol–water partition coefficient (Wildman–Crippen LogP) is 5.22. The highest BCUT2D eigenvalue weighted by atomic mass is 35.5. The van der Waals surface area contributed by atoms with Crippen molar-refractivity contribution in [3.63, 3.8) is 0 Å². The van der Waals surface area contributed by atoms with Gasteiger partial charge in [-0.15, -0.1) is 5.10 Å². The van der Waals surface area contributed by atoms with E-state index in [1.807, 2.05) is 0 Å². The van der Waals surface area contributed by atoms with E-state index in [9.17, 15) is 26.3 Å². The van der Waals surface area contributed by atoms with Gasteiger partial charge in [-0.05, 0) is 17.7 Å². The lowest BCUT2D eigenvalue weighted by atomic mass is 10.1. The molecule has 0 aliphatic rings. The van der Waals surface area contributed by atoms with E-state index in [0.29, 0.717) is 5.56 Å². The van der Waals surface area contributed by atoms with E-state index in [4.69, 9.17) is 11.6 Å². The minimum absolute atomic E-state index is 0.0501. The molecule has 0 bridgehead atoms. The van der Waals surface area contributed by atoms with Gasteiger partial charge in [-0.25, -0.2) is 4.68 Å². The second kappa shape index (κ2) is 6.97. The van der Waals surface area contributed by atoms with Crippen molar-refractivity contribution in [2.75, 3.05) is 0 Å². The minimum atomic E-state index is -4.75. The van der Waals surface area contributed by atoms with Crippen LogP contribution in [0.3, 0.4) is 0 Å². The molecule has 6 nitrogen and oxygen atoms in total. The maximum Gasteiger partial charge on any atom is 0.471 e. The molecule has 0 saturated carbocycles. The first-order valence-electron chi connectivity index (χ1n) is 8.12. The number of rotatable bonds is 3. The quantitative estimate of drug-likeness (QED) is 0.403. The lowest BCUT2D eigenvalue weighted by Gasteiger charge is -2.08. The fourth-order valence-corrected chi connectivity index (χ4v) is 2.95. The molecule has 0 amide bonds. The van der Waals surface area contributed by atoms with Crippen molar-refractivity contribution in [1.82, 2.24) is 25.1 Å². The molecule has 0 N–H and O–H groups in total. The second-order valence-corrected chi connectivity index (χ2v) is 6.60. The van der Waals surface area contributed by atoms with Gasteiger partial charge in [0.25, 0.3) is 0 Å². The predicted molar refractivity (Wildman–Crippen MR) is 91.4 cm³/mol. The molecule has 30 heavy (non-hydrogen) atoms. The van der Waals surface area contributed by atoms with Gasteiger partial charge in [0.15, 0.2) is 0 Å². The van der Waals surface area contributed by atoms with Crippen molar-refractivity contribution in [2.24, 2.45) is 0 Å². The first kappa shape index (κ1) is 20.1. The van der Waals surface area contributed by atoms with Crippen LogP contribution >= 0.6 is 11.6 Å². The van der Waals surface area contributed by atoms with E-state index in [0.717, 1.165) is 12.1 Å². The maximum absolute atomic E-state index is 13.0. The molecule has 0 fully saturated rings. The van der Waals surface area contributed by atoms with Crippen molar-refractivity contribution in [1.29, 1.82) is 0 Å². The number of aromatic nitrogens is 5. The SMILES string of the molecule is FC(F)(F)c1cc(Cl)c2nnn(Cc3ccc(-c4noc(C(F)(F)F)n4)cc3)c2c1. The van der Waals surface area contributed by atoms with E-state index < -0.39 is 23.8 Å². The molecule has 0 atom stereocenters. The van der Waals surface area contributed by atoms with Gasteiger partial charge in [0.1, 0.15) is 5.52 Å². The Morgan fingerprint density at radius 1 is 0.967 bits per heavy atom. The lowest BCUT2D eigenvalue weighted by Crippen LogP contribution is -2.06. The highest BCUT2D eigenvalue weighted by Crippen LogP contribution is 2.34. The summed E-state index contributed by atoms with van der Waals surface area (Å²) in [5, 5.41) is 10.7. The van der Waals surface area contributed by atoms with Crippen molar-refractivity contribution in [3.8, 4) is 11.4 Å². The number of alkyl halides is 6. The molecule has 0 saturated heterocycles. The van der Waals surface area contributed by atoms with Crippen LogP contribution in [0, 0.1) is 0 Å². The first-order chi connectivity index (χ1) is 14.0. The van der Waals surface area contributed by atoms with Crippen molar-refractivity contribution >= 4 is 22.6 Å². The van der Waals surface area contributed by atoms with Crippen LogP contribution in [0.5, 0.6) is 0 Å². The fraction of sp³-hybridized carbons (Fsp3) is 0.176. The van der Waals surface area contributed by atoms with Crippen LogP contribution in [0.25, 0.3) is 22.4 Å². The average molecular weight is 448 g/mol. The summed E-state index contributed by atoms with van der Waals surface area (Å²) >= 11 is 5.89. The van der Waals surface area contributed by atoms with Gasteiger partial charge in [0.2, 0.25) is 5.82 Å². The molecule has 2 aromatic heterocycles. The van der Waals surface area contributed by atoms with Crippen LogP contribution in [0.1, 0.15) is 17.0 Å². The summed E-state index contributed by atoms with van der Waals surface area (Å²) in [6.45, 7) is 0.0501. The Balaban J connectivity index is 1.61. The molecule has 0 unspecified atom stereocenters. The summed E-state index contributed by atoms with van der Waals surface area (Å²) in [7, 11) is 0. The highest BCUT2D eigenvalue weighted by Gasteiger charge is 2.38. The monoisotopic (exact) mass is 447 g/mol. The maximum atomic E-state index is 13.0. The van der Waals surface area contributed by atoms with Crippen LogP contribution in [0.2, 0.25) is 5.02 Å². The molecule has 4 rings (SSSR count). The molecule has 156 valence electrons. The molecule has 13 heteroatoms. The van der Waals surface area contributed by atoms with E-state index in [1.165, 1.54) is 16.8 Å². The molecule has 0 aliphatic carbocycles. The van der Waals surface area contributed by atoms with Crippen molar-refractivity contribution < 1.29 is 30.9 Å². The number of halogens is 7. The Morgan fingerprint density at radius 2 is 1.67 bits per heavy atom. The Morgan fingerprint density at radius 3 is 2.27 bits per heavy atom. The summed E-state index contributed by atoms with van der Waals surface area (Å²) in [6, 6.07) is 7.66. The van der Waals surface area contributed by atoms with Gasteiger partial charge in [0, 0.05) is 5.56 Å². The van der Waals surface area contributed by atoms with Crippen molar-refractivity contribution in [3.05, 3.63) is 58.4 Å². The van der Waals surface area contributed by atoms with Gasteiger partial charge in [-0.2, -0.15) is 31.3 Å². The summed E-state index contributed by atoms with van der Waals surface area (Å²) < 4.78 is 82.2. The lowest BCUT2D eigenvalue weighted by molar-refractivity contribution is -0.159. The first-order valence-corrected chi connectivity index (χ1v) is 8.50. The zero-order chi connectivity index (χ0) is 21.7. The highest BCUT2D eigenvalue weighted by molar-refractivity contribution is 6.35. The number of hydrogen-bond acceptors (Lipinski definition) is 5. The Bertz CT molecular complexity index is 1210. The fourth-order valence-electron chi connectivity index (χ4n) is 2.70. The summed E-state index contributed by atoms with van der Waals surface area (Å²) in [5.41, 5.74) is 0.138. The second-order valence-electron chi connectivity index (χ2n) is 6.19. The Labute approximate surface area is 168 Å². The molecular weight excluding hydrogens is 440 g/mol. The number of benzene rings is 2. The smallest absolute Gasteiger partial charge is 0.329 e. The van der Waals surface area contributed by atoms with Gasteiger partial charge >= 0.3 is 18.2 Å². The van der Waals surface area contributed by atoms with Crippen LogP contribution in [-0.4, -0.2) is 25.1 Å². The Kier molecular flexibility index (Phi) is 4.68. The standard InChI is InChI=1S/C17H8ClF6N5O/c18-11-5-10(16(19,20)21)6-12-13(11)26-28-29(12)7-8-1-3-9(4-2-8)14-25-15(30-27-14)17(22,23)24/h1-6H,7H2. The molecule has 0 radical (unpaired) electrons. The van der Waals surface area contributed by atoms with Gasteiger partial charge in [-0.3, -0.25) is 0 Å². The van der Waals surface area contributed by atoms with Crippen molar-refractivity contribution in [2.45, 2.75) is 18.9 Å². The minimum Gasteiger partial charge on any atom is -0.329 e. The van der Waals surface area contributed by atoms with Crippen LogP contribution in [-0.2, 0) is 18.9 Å². The van der Waals surface area contributed by atoms with E-state index in [1.54, 1.807) is 12.1 Å². The number of hydrogen-bond donors (Lipinski definition) is 0. The third kappa shape index (κ3) is 3.82. The number of fused-ring (bicyclic) bond motifs is 1. The average Bonchev–Trinajstić information content (AvgIpc) is 3.30. The van der Waals surface area contributed by atoms with Gasteiger partial charge < -0.3 is 4.52 Å². The van der Waals surface area contributed by atoms with E-state index in [-0.39, 0.29) is 34.0 Å². The van der Waals surface area contributed by atoms with Crippen LogP contribution in [0.15, 0.2) is 40.9 Å². The van der Waals surface area contributed by atoms with E-state index in [2.05, 4.69) is 25.0 Å². The topological polar surface area (TPSA) is 69.6 Å². The molecule has 2 heterocycles. The Hall–Kier alpha value is -3.15. The molecule has 4 aromatic rings. The molecule has 0 spiro atoms. The molecular formula is C17H8ClF6N5O. The normalized spacial score (nSPS) is 12.6. The third-order valence-electron chi connectivity index (χ3n) is 4.11. The van der Waals surface area contributed by atoms with E-state index >= 15 is 0 Å². The number of nitrogens with zero attached hydrogens (tertiary/aromatic N) is 5. The van der Waals surface area contributed by atoms with Crippen LogP contribution < -0.4 is 0 Å². The molecule has 0 aliphatic heterocycles.